The number of rotatable bonds is 5. The first-order valence-electron chi connectivity index (χ1n) is 9.20. The Hall–Kier alpha value is -2.40. The third-order valence-corrected chi connectivity index (χ3v) is 4.99. The van der Waals surface area contributed by atoms with Crippen LogP contribution in [0.15, 0.2) is 60.8 Å². The first-order valence-corrected chi connectivity index (χ1v) is 9.20. The van der Waals surface area contributed by atoms with E-state index in [1.807, 2.05) is 30.3 Å². The van der Waals surface area contributed by atoms with Crippen molar-refractivity contribution >= 4 is 5.91 Å². The van der Waals surface area contributed by atoms with Crippen LogP contribution in [-0.2, 0) is 30.8 Å². The van der Waals surface area contributed by atoms with Crippen molar-refractivity contribution in [3.63, 3.8) is 0 Å². The summed E-state index contributed by atoms with van der Waals surface area (Å²) < 4.78 is 4.47. The lowest BCUT2D eigenvalue weighted by molar-refractivity contribution is -0.690. The van der Waals surface area contributed by atoms with Crippen LogP contribution >= 0.6 is 0 Å². The lowest BCUT2D eigenvalue weighted by Gasteiger charge is -2.04. The SMILES string of the molecule is Cc1ccc(-c2c[n+](CC(=O)NCc3ccccc3)c3n2CCC3)cc1.[Br-]. The molecule has 2 heterocycles. The summed E-state index contributed by atoms with van der Waals surface area (Å²) in [6, 6.07) is 18.6. The lowest BCUT2D eigenvalue weighted by atomic mass is 10.1. The largest absolute Gasteiger partial charge is 1.00 e. The van der Waals surface area contributed by atoms with E-state index in [4.69, 9.17) is 0 Å². The molecule has 1 aliphatic heterocycles. The summed E-state index contributed by atoms with van der Waals surface area (Å²) in [6.07, 6.45) is 4.29. The van der Waals surface area contributed by atoms with E-state index in [2.05, 4.69) is 51.8 Å². The number of carbonyl (C=O) groups is 1. The highest BCUT2D eigenvalue weighted by molar-refractivity contribution is 5.74. The van der Waals surface area contributed by atoms with Crippen LogP contribution in [-0.4, -0.2) is 10.5 Å². The van der Waals surface area contributed by atoms with E-state index in [1.165, 1.54) is 22.6 Å². The number of fused-ring (bicyclic) bond motifs is 1. The monoisotopic (exact) mass is 425 g/mol. The van der Waals surface area contributed by atoms with Gasteiger partial charge in [-0.2, -0.15) is 0 Å². The minimum atomic E-state index is 0. The van der Waals surface area contributed by atoms with Gasteiger partial charge in [0.15, 0.2) is 12.2 Å². The molecule has 0 saturated carbocycles. The summed E-state index contributed by atoms with van der Waals surface area (Å²) >= 11 is 0. The first-order chi connectivity index (χ1) is 12.7. The summed E-state index contributed by atoms with van der Waals surface area (Å²) in [4.78, 5) is 12.4. The predicted molar refractivity (Wildman–Crippen MR) is 101 cm³/mol. The van der Waals surface area contributed by atoms with Crippen molar-refractivity contribution in [3.05, 3.63) is 77.7 Å². The van der Waals surface area contributed by atoms with E-state index in [0.717, 1.165) is 24.9 Å². The fraction of sp³-hybridized carbons (Fsp3) is 0.273. The molecule has 0 radical (unpaired) electrons. The van der Waals surface area contributed by atoms with Gasteiger partial charge in [0.25, 0.3) is 11.7 Å². The van der Waals surface area contributed by atoms with Gasteiger partial charge in [-0.05, 0) is 18.9 Å². The van der Waals surface area contributed by atoms with Gasteiger partial charge in [-0.3, -0.25) is 4.79 Å². The number of aryl methyl sites for hydroxylation is 1. The van der Waals surface area contributed by atoms with Crippen LogP contribution in [0.1, 0.15) is 23.4 Å². The van der Waals surface area contributed by atoms with Crippen LogP contribution in [0.25, 0.3) is 11.3 Å². The highest BCUT2D eigenvalue weighted by atomic mass is 79.9. The van der Waals surface area contributed by atoms with E-state index in [9.17, 15) is 4.79 Å². The van der Waals surface area contributed by atoms with Crippen LogP contribution in [0, 0.1) is 6.92 Å². The molecule has 2 aromatic carbocycles. The summed E-state index contributed by atoms with van der Waals surface area (Å²) in [5, 5.41) is 3.03. The van der Waals surface area contributed by atoms with Crippen molar-refractivity contribution in [3.8, 4) is 11.3 Å². The van der Waals surface area contributed by atoms with Crippen molar-refractivity contribution in [1.29, 1.82) is 0 Å². The first kappa shape index (κ1) is 19.4. The molecule has 0 fully saturated rings. The highest BCUT2D eigenvalue weighted by Gasteiger charge is 2.29. The molecule has 0 bridgehead atoms. The smallest absolute Gasteiger partial charge is 0.262 e. The maximum Gasteiger partial charge on any atom is 0.262 e. The molecule has 5 heteroatoms. The Morgan fingerprint density at radius 2 is 1.85 bits per heavy atom. The quantitative estimate of drug-likeness (QED) is 0.574. The Kier molecular flexibility index (Phi) is 6.11. The van der Waals surface area contributed by atoms with Crippen molar-refractivity contribution in [2.45, 2.75) is 39.4 Å². The molecule has 1 amide bonds. The number of nitrogens with one attached hydrogen (secondary N) is 1. The Balaban J connectivity index is 0.00000210. The fourth-order valence-electron chi connectivity index (χ4n) is 3.61. The van der Waals surface area contributed by atoms with E-state index < -0.39 is 0 Å². The van der Waals surface area contributed by atoms with Gasteiger partial charge in [-0.15, -0.1) is 0 Å². The average Bonchev–Trinajstić information content (AvgIpc) is 3.26. The molecule has 140 valence electrons. The summed E-state index contributed by atoms with van der Waals surface area (Å²) in [7, 11) is 0. The number of benzene rings is 2. The van der Waals surface area contributed by atoms with Crippen LogP contribution < -0.4 is 26.9 Å². The van der Waals surface area contributed by atoms with E-state index in [1.54, 1.807) is 0 Å². The molecule has 0 spiro atoms. The zero-order valence-electron chi connectivity index (χ0n) is 15.5. The molecule has 0 aliphatic carbocycles. The van der Waals surface area contributed by atoms with Gasteiger partial charge < -0.3 is 22.3 Å². The van der Waals surface area contributed by atoms with Crippen molar-refractivity contribution in [2.24, 2.45) is 0 Å². The highest BCUT2D eigenvalue weighted by Crippen LogP contribution is 2.24. The fourth-order valence-corrected chi connectivity index (χ4v) is 3.61. The lowest BCUT2D eigenvalue weighted by Crippen LogP contribution is -3.00. The van der Waals surface area contributed by atoms with Crippen molar-refractivity contribution in [1.82, 2.24) is 9.88 Å². The molecule has 1 N–H and O–H groups in total. The van der Waals surface area contributed by atoms with Crippen LogP contribution in [0.2, 0.25) is 0 Å². The molecule has 0 unspecified atom stereocenters. The minimum absolute atomic E-state index is 0. The third-order valence-electron chi connectivity index (χ3n) is 4.99. The molecule has 4 nitrogen and oxygen atoms in total. The normalized spacial score (nSPS) is 12.3. The molecule has 1 aliphatic rings. The zero-order chi connectivity index (χ0) is 17.9. The second-order valence-electron chi connectivity index (χ2n) is 6.94. The second-order valence-corrected chi connectivity index (χ2v) is 6.94. The van der Waals surface area contributed by atoms with E-state index in [0.29, 0.717) is 13.1 Å². The van der Waals surface area contributed by atoms with Crippen LogP contribution in [0.5, 0.6) is 0 Å². The van der Waals surface area contributed by atoms with Crippen LogP contribution in [0.3, 0.4) is 0 Å². The molecule has 4 rings (SSSR count). The molecule has 27 heavy (non-hydrogen) atoms. The van der Waals surface area contributed by atoms with Gasteiger partial charge in [0.2, 0.25) is 0 Å². The summed E-state index contributed by atoms with van der Waals surface area (Å²) in [6.45, 7) is 4.07. The number of hydrogen-bond acceptors (Lipinski definition) is 1. The van der Waals surface area contributed by atoms with Crippen molar-refractivity contribution in [2.75, 3.05) is 0 Å². The summed E-state index contributed by atoms with van der Waals surface area (Å²) in [5.74, 6) is 1.30. The second kappa shape index (κ2) is 8.53. The topological polar surface area (TPSA) is 37.9 Å². The predicted octanol–water partition coefficient (Wildman–Crippen LogP) is 0.0176. The van der Waals surface area contributed by atoms with Crippen LogP contribution in [0.4, 0.5) is 0 Å². The molecule has 3 aromatic rings. The number of imidazole rings is 1. The van der Waals surface area contributed by atoms with Gasteiger partial charge in [0.05, 0.1) is 13.0 Å². The zero-order valence-corrected chi connectivity index (χ0v) is 17.1. The number of nitrogens with zero attached hydrogens (tertiary/aromatic N) is 2. The number of hydrogen-bond donors (Lipinski definition) is 1. The van der Waals surface area contributed by atoms with Gasteiger partial charge in [-0.1, -0.05) is 60.2 Å². The van der Waals surface area contributed by atoms with Gasteiger partial charge in [-0.25, -0.2) is 9.13 Å². The Labute approximate surface area is 170 Å². The number of amides is 1. The molecule has 0 saturated heterocycles. The van der Waals surface area contributed by atoms with Gasteiger partial charge in [0.1, 0.15) is 6.20 Å². The van der Waals surface area contributed by atoms with Crippen molar-refractivity contribution < 1.29 is 26.3 Å². The third kappa shape index (κ3) is 4.30. The average molecular weight is 426 g/mol. The maximum absolute atomic E-state index is 12.4. The Morgan fingerprint density at radius 1 is 1.11 bits per heavy atom. The Bertz CT molecular complexity index is 917. The maximum atomic E-state index is 12.4. The molecular formula is C22H24BrN3O. The Morgan fingerprint density at radius 3 is 2.59 bits per heavy atom. The van der Waals surface area contributed by atoms with Gasteiger partial charge >= 0.3 is 0 Å². The number of halogens is 1. The summed E-state index contributed by atoms with van der Waals surface area (Å²) in [5.41, 5.74) is 4.79. The van der Waals surface area contributed by atoms with E-state index in [-0.39, 0.29) is 22.9 Å². The molecule has 1 aromatic heterocycles. The van der Waals surface area contributed by atoms with Gasteiger partial charge in [0, 0.05) is 12.1 Å². The van der Waals surface area contributed by atoms with E-state index >= 15 is 0 Å². The standard InChI is InChI=1S/C22H23N3O.BrH/c1-17-9-11-19(12-10-17)20-15-24(22-8-5-13-25(20)22)16-21(26)23-14-18-6-3-2-4-7-18;/h2-4,6-7,9-12,15H,5,8,13-14,16H2,1H3;1H. The number of carbonyl (C=O) groups excluding carboxylic acids is 1. The minimum Gasteiger partial charge on any atom is -1.00 e. The number of aromatic nitrogens is 2. The molecule has 0 atom stereocenters. The molecular weight excluding hydrogens is 402 g/mol.